The molecule has 4 aliphatic rings. The van der Waals surface area contributed by atoms with Crippen LogP contribution in [0.25, 0.3) is 0 Å². The van der Waals surface area contributed by atoms with Crippen molar-refractivity contribution in [3.05, 3.63) is 11.6 Å². The van der Waals surface area contributed by atoms with Gasteiger partial charge in [0.25, 0.3) is 0 Å². The Morgan fingerprint density at radius 3 is 2.68 bits per heavy atom. The van der Waals surface area contributed by atoms with Gasteiger partial charge in [-0.25, -0.2) is 0 Å². The van der Waals surface area contributed by atoms with Gasteiger partial charge >= 0.3 is 0 Å². The van der Waals surface area contributed by atoms with Gasteiger partial charge in [0.15, 0.2) is 0 Å². The molecule has 3 fully saturated rings. The molecule has 4 aliphatic carbocycles. The highest BCUT2D eigenvalue weighted by atomic mass is 16.3. The first kappa shape index (κ1) is 15.2. The van der Waals surface area contributed by atoms with E-state index in [1.165, 1.54) is 5.57 Å². The second kappa shape index (κ2) is 5.06. The molecule has 0 heterocycles. The minimum absolute atomic E-state index is 0.0724. The summed E-state index contributed by atoms with van der Waals surface area (Å²) in [7, 11) is 0. The van der Waals surface area contributed by atoms with Crippen molar-refractivity contribution in [2.75, 3.05) is 6.61 Å². The quantitative estimate of drug-likeness (QED) is 0.653. The van der Waals surface area contributed by atoms with Gasteiger partial charge in [0.2, 0.25) is 0 Å². The Balaban J connectivity index is 1.70. The maximum Gasteiger partial charge on any atom is 0.0596 e. The normalized spacial score (nSPS) is 54.2. The maximum atomic E-state index is 10.5. The van der Waals surface area contributed by atoms with Crippen LogP contribution in [-0.2, 0) is 0 Å². The van der Waals surface area contributed by atoms with Gasteiger partial charge in [-0.15, -0.1) is 0 Å². The van der Waals surface area contributed by atoms with Crippen LogP contribution >= 0.6 is 0 Å². The smallest absolute Gasteiger partial charge is 0.0596 e. The Morgan fingerprint density at radius 1 is 1.09 bits per heavy atom. The van der Waals surface area contributed by atoms with Crippen LogP contribution in [0.4, 0.5) is 0 Å². The van der Waals surface area contributed by atoms with Crippen LogP contribution in [0.3, 0.4) is 0 Å². The lowest BCUT2D eigenvalue weighted by Gasteiger charge is -2.58. The first-order valence-electron chi connectivity index (χ1n) is 9.18. The summed E-state index contributed by atoms with van der Waals surface area (Å²) in [5.41, 5.74) is 1.35. The molecule has 3 saturated carbocycles. The van der Waals surface area contributed by atoms with Crippen LogP contribution < -0.4 is 0 Å². The molecule has 0 spiro atoms. The summed E-state index contributed by atoms with van der Waals surface area (Å²) in [6, 6.07) is 0. The predicted molar refractivity (Wildman–Crippen MR) is 85.1 cm³/mol. The number of aliphatic hydroxyl groups is 3. The molecule has 0 aromatic heterocycles. The van der Waals surface area contributed by atoms with Gasteiger partial charge in [-0.05, 0) is 74.5 Å². The molecular weight excluding hydrogens is 276 g/mol. The van der Waals surface area contributed by atoms with Crippen molar-refractivity contribution in [1.29, 1.82) is 0 Å². The molecule has 3 heteroatoms. The van der Waals surface area contributed by atoms with Gasteiger partial charge in [-0.2, -0.15) is 0 Å². The van der Waals surface area contributed by atoms with Gasteiger partial charge in [0, 0.05) is 5.41 Å². The molecule has 22 heavy (non-hydrogen) atoms. The molecule has 0 aliphatic heterocycles. The second-order valence-corrected chi connectivity index (χ2v) is 8.69. The van der Waals surface area contributed by atoms with Crippen molar-refractivity contribution in [3.8, 4) is 0 Å². The van der Waals surface area contributed by atoms with E-state index in [1.54, 1.807) is 0 Å². The third-order valence-corrected chi connectivity index (χ3v) is 8.03. The van der Waals surface area contributed by atoms with Crippen LogP contribution in [0.15, 0.2) is 11.6 Å². The molecule has 3 N–H and O–H groups in total. The van der Waals surface area contributed by atoms with Crippen LogP contribution in [0, 0.1) is 28.6 Å². The third kappa shape index (κ3) is 1.85. The van der Waals surface area contributed by atoms with Crippen LogP contribution in [0.2, 0.25) is 0 Å². The van der Waals surface area contributed by atoms with Gasteiger partial charge in [0.05, 0.1) is 18.8 Å². The molecule has 0 radical (unpaired) electrons. The molecule has 0 unspecified atom stereocenters. The molecule has 4 rings (SSSR count). The zero-order chi connectivity index (χ0) is 15.5. The minimum Gasteiger partial charge on any atom is -0.395 e. The Morgan fingerprint density at radius 2 is 1.91 bits per heavy atom. The fourth-order valence-corrected chi connectivity index (χ4v) is 6.70. The molecular formula is C19H30O3. The summed E-state index contributed by atoms with van der Waals surface area (Å²) < 4.78 is 0. The fraction of sp³-hybridized carbons (Fsp3) is 0.895. The van der Waals surface area contributed by atoms with E-state index in [0.717, 1.165) is 51.4 Å². The molecule has 0 aromatic carbocycles. The lowest BCUT2D eigenvalue weighted by molar-refractivity contribution is -0.0889. The lowest BCUT2D eigenvalue weighted by Crippen LogP contribution is -2.53. The van der Waals surface area contributed by atoms with E-state index in [2.05, 4.69) is 13.0 Å². The van der Waals surface area contributed by atoms with Crippen LogP contribution in [-0.4, -0.2) is 34.1 Å². The van der Waals surface area contributed by atoms with Crippen molar-refractivity contribution < 1.29 is 15.3 Å². The summed E-state index contributed by atoms with van der Waals surface area (Å²) in [5.74, 6) is 1.77. The van der Waals surface area contributed by atoms with Gasteiger partial charge < -0.3 is 15.3 Å². The van der Waals surface area contributed by atoms with Crippen molar-refractivity contribution >= 4 is 0 Å². The van der Waals surface area contributed by atoms with Gasteiger partial charge in [-0.3, -0.25) is 0 Å². The predicted octanol–water partition coefficient (Wildman–Crippen LogP) is 2.64. The average molecular weight is 306 g/mol. The summed E-state index contributed by atoms with van der Waals surface area (Å²) >= 11 is 0. The highest BCUT2D eigenvalue weighted by molar-refractivity contribution is 5.26. The first-order chi connectivity index (χ1) is 10.5. The number of rotatable bonds is 1. The highest BCUT2D eigenvalue weighted by Gasteiger charge is 2.59. The van der Waals surface area contributed by atoms with E-state index >= 15 is 0 Å². The van der Waals surface area contributed by atoms with Crippen LogP contribution in [0.1, 0.15) is 58.3 Å². The standard InChI is InChI=1S/C19H30O3/c1-18-8-7-16-14(15(18)4-5-17(18)22)3-2-12-10-13(21)6-9-19(12,16)11-20/h2,13-17,20-22H,3-11H2,1H3/t13-,14+,15+,16-,17+,18-,19-/m1/s1. The Hall–Kier alpha value is -0.380. The maximum absolute atomic E-state index is 10.5. The van der Waals surface area contributed by atoms with E-state index in [1.807, 2.05) is 0 Å². The Labute approximate surface area is 133 Å². The SMILES string of the molecule is C[C@@]12CC[C@@H]3[C@@H](CC=C4C[C@H](O)CC[C@@]43CO)[C@@H]1CC[C@@H]2O. The molecule has 124 valence electrons. The molecule has 7 atom stereocenters. The molecule has 3 nitrogen and oxygen atoms in total. The van der Waals surface area contributed by atoms with Crippen molar-refractivity contribution in [2.45, 2.75) is 70.5 Å². The largest absolute Gasteiger partial charge is 0.395 e. The topological polar surface area (TPSA) is 60.7 Å². The van der Waals surface area contributed by atoms with Crippen molar-refractivity contribution in [2.24, 2.45) is 28.6 Å². The summed E-state index contributed by atoms with van der Waals surface area (Å²) in [5, 5.41) is 30.8. The Bertz CT molecular complexity index is 487. The monoisotopic (exact) mass is 306 g/mol. The zero-order valence-corrected chi connectivity index (χ0v) is 13.7. The molecule has 0 amide bonds. The van der Waals surface area contributed by atoms with Gasteiger partial charge in [0.1, 0.15) is 0 Å². The fourth-order valence-electron chi connectivity index (χ4n) is 6.70. The lowest BCUT2D eigenvalue weighted by atomic mass is 9.47. The highest BCUT2D eigenvalue weighted by Crippen LogP contribution is 2.64. The number of hydrogen-bond acceptors (Lipinski definition) is 3. The van der Waals surface area contributed by atoms with E-state index in [-0.39, 0.29) is 29.6 Å². The van der Waals surface area contributed by atoms with Crippen molar-refractivity contribution in [1.82, 2.24) is 0 Å². The van der Waals surface area contributed by atoms with E-state index in [4.69, 9.17) is 0 Å². The molecule has 0 aromatic rings. The van der Waals surface area contributed by atoms with E-state index < -0.39 is 0 Å². The van der Waals surface area contributed by atoms with Crippen molar-refractivity contribution in [3.63, 3.8) is 0 Å². The number of allylic oxidation sites excluding steroid dienone is 1. The zero-order valence-electron chi connectivity index (χ0n) is 13.7. The third-order valence-electron chi connectivity index (χ3n) is 8.03. The number of fused-ring (bicyclic) bond motifs is 5. The van der Waals surface area contributed by atoms with Crippen LogP contribution in [0.5, 0.6) is 0 Å². The minimum atomic E-state index is -0.218. The number of aliphatic hydroxyl groups excluding tert-OH is 3. The molecule has 0 bridgehead atoms. The van der Waals surface area contributed by atoms with E-state index in [0.29, 0.717) is 17.8 Å². The first-order valence-corrected chi connectivity index (χ1v) is 9.18. The summed E-state index contributed by atoms with van der Waals surface area (Å²) in [6.45, 7) is 2.53. The summed E-state index contributed by atoms with van der Waals surface area (Å²) in [4.78, 5) is 0. The second-order valence-electron chi connectivity index (χ2n) is 8.69. The number of hydrogen-bond donors (Lipinski definition) is 3. The summed E-state index contributed by atoms with van der Waals surface area (Å²) in [6.07, 6.45) is 9.91. The van der Waals surface area contributed by atoms with Gasteiger partial charge in [-0.1, -0.05) is 18.6 Å². The average Bonchev–Trinajstić information content (AvgIpc) is 2.82. The molecule has 0 saturated heterocycles. The Kier molecular flexibility index (Phi) is 3.49. The van der Waals surface area contributed by atoms with E-state index in [9.17, 15) is 15.3 Å².